The number of phenols is 1. The molecule has 4 nitrogen and oxygen atoms in total. The fourth-order valence-corrected chi connectivity index (χ4v) is 2.51. The Morgan fingerprint density at radius 3 is 2.79 bits per heavy atom. The van der Waals surface area contributed by atoms with Gasteiger partial charge in [0.05, 0.1) is 13.2 Å². The van der Waals surface area contributed by atoms with Crippen LogP contribution in [0.2, 0.25) is 0 Å². The first kappa shape index (κ1) is 12.9. The highest BCUT2D eigenvalue weighted by Crippen LogP contribution is 2.20. The van der Waals surface area contributed by atoms with Crippen LogP contribution in [0.5, 0.6) is 5.75 Å². The number of phenolic OH excluding ortho intramolecular Hbond substituents is 1. The van der Waals surface area contributed by atoms with E-state index < -0.39 is 0 Å². The quantitative estimate of drug-likeness (QED) is 0.840. The van der Waals surface area contributed by atoms with Crippen LogP contribution in [0.1, 0.15) is 18.4 Å². The Labute approximate surface area is 114 Å². The normalized spacial score (nSPS) is 24.5. The van der Waals surface area contributed by atoms with Crippen LogP contribution in [0.3, 0.4) is 0 Å². The van der Waals surface area contributed by atoms with Gasteiger partial charge in [-0.2, -0.15) is 0 Å². The van der Waals surface area contributed by atoms with Gasteiger partial charge in [-0.1, -0.05) is 12.1 Å². The molecule has 1 aliphatic heterocycles. The maximum atomic E-state index is 9.32. The van der Waals surface area contributed by atoms with Crippen molar-refractivity contribution in [3.05, 3.63) is 29.8 Å². The van der Waals surface area contributed by atoms with E-state index in [1.165, 1.54) is 18.4 Å². The van der Waals surface area contributed by atoms with Crippen LogP contribution in [0.15, 0.2) is 24.3 Å². The number of nitrogens with zero attached hydrogens (tertiary/aromatic N) is 1. The van der Waals surface area contributed by atoms with Crippen molar-refractivity contribution >= 4 is 0 Å². The van der Waals surface area contributed by atoms with Gasteiger partial charge in [-0.15, -0.1) is 0 Å². The van der Waals surface area contributed by atoms with Gasteiger partial charge in [-0.25, -0.2) is 0 Å². The van der Waals surface area contributed by atoms with Gasteiger partial charge in [0.25, 0.3) is 0 Å². The van der Waals surface area contributed by atoms with Crippen LogP contribution < -0.4 is 5.32 Å². The van der Waals surface area contributed by atoms with E-state index in [0.717, 1.165) is 38.9 Å². The highest BCUT2D eigenvalue weighted by Gasteiger charge is 2.26. The Hall–Kier alpha value is -1.10. The average molecular weight is 262 g/mol. The Kier molecular flexibility index (Phi) is 4.01. The Balaban J connectivity index is 1.57. The Morgan fingerprint density at radius 2 is 2.05 bits per heavy atom. The number of rotatable bonds is 5. The molecule has 1 atom stereocenters. The van der Waals surface area contributed by atoms with Crippen molar-refractivity contribution in [2.45, 2.75) is 31.5 Å². The summed E-state index contributed by atoms with van der Waals surface area (Å²) in [7, 11) is 0. The topological polar surface area (TPSA) is 44.7 Å². The van der Waals surface area contributed by atoms with Crippen LogP contribution in [0, 0.1) is 0 Å². The van der Waals surface area contributed by atoms with Crippen LogP contribution >= 0.6 is 0 Å². The summed E-state index contributed by atoms with van der Waals surface area (Å²) in [4.78, 5) is 2.48. The van der Waals surface area contributed by atoms with Gasteiger partial charge in [-0.05, 0) is 30.5 Å². The van der Waals surface area contributed by atoms with Crippen LogP contribution in [0.4, 0.5) is 0 Å². The van der Waals surface area contributed by atoms with Crippen molar-refractivity contribution in [2.75, 3.05) is 26.3 Å². The molecule has 1 saturated carbocycles. The summed E-state index contributed by atoms with van der Waals surface area (Å²) in [5.74, 6) is 0.331. The third-order valence-electron chi connectivity index (χ3n) is 3.89. The second-order valence-corrected chi connectivity index (χ2v) is 5.55. The van der Waals surface area contributed by atoms with E-state index >= 15 is 0 Å². The average Bonchev–Trinajstić information content (AvgIpc) is 3.25. The molecule has 1 heterocycles. The molecular formula is C15H22N2O2. The summed E-state index contributed by atoms with van der Waals surface area (Å²) in [5.41, 5.74) is 1.25. The summed E-state index contributed by atoms with van der Waals surface area (Å²) in [6.45, 7) is 4.57. The number of hydrogen-bond donors (Lipinski definition) is 2. The highest BCUT2D eigenvalue weighted by molar-refractivity contribution is 5.25. The van der Waals surface area contributed by atoms with Crippen LogP contribution in [0.25, 0.3) is 0 Å². The Bertz CT molecular complexity index is 403. The third kappa shape index (κ3) is 3.69. The first-order valence-corrected chi connectivity index (χ1v) is 7.14. The third-order valence-corrected chi connectivity index (χ3v) is 3.89. The van der Waals surface area contributed by atoms with E-state index in [9.17, 15) is 5.11 Å². The van der Waals surface area contributed by atoms with E-state index in [1.807, 2.05) is 12.1 Å². The van der Waals surface area contributed by atoms with Gasteiger partial charge >= 0.3 is 0 Å². The number of benzene rings is 1. The molecule has 4 heteroatoms. The number of aromatic hydroxyl groups is 1. The second-order valence-electron chi connectivity index (χ2n) is 5.55. The number of morpholine rings is 1. The van der Waals surface area contributed by atoms with E-state index in [0.29, 0.717) is 11.8 Å². The van der Waals surface area contributed by atoms with Crippen molar-refractivity contribution in [1.82, 2.24) is 10.2 Å². The Morgan fingerprint density at radius 1 is 1.26 bits per heavy atom. The van der Waals surface area contributed by atoms with Gasteiger partial charge in [0.1, 0.15) is 5.75 Å². The van der Waals surface area contributed by atoms with Gasteiger partial charge in [0.2, 0.25) is 0 Å². The molecule has 104 valence electrons. The smallest absolute Gasteiger partial charge is 0.115 e. The minimum atomic E-state index is 0.331. The zero-order valence-corrected chi connectivity index (χ0v) is 11.2. The van der Waals surface area contributed by atoms with Gasteiger partial charge < -0.3 is 15.2 Å². The molecule has 0 bridgehead atoms. The monoisotopic (exact) mass is 262 g/mol. The molecule has 0 spiro atoms. The minimum Gasteiger partial charge on any atom is -0.508 e. The van der Waals surface area contributed by atoms with E-state index in [-0.39, 0.29) is 0 Å². The predicted molar refractivity (Wildman–Crippen MR) is 74.1 cm³/mol. The molecule has 1 aromatic rings. The lowest BCUT2D eigenvalue weighted by Crippen LogP contribution is -2.50. The van der Waals surface area contributed by atoms with Crippen molar-refractivity contribution < 1.29 is 9.84 Å². The van der Waals surface area contributed by atoms with E-state index in [1.54, 1.807) is 12.1 Å². The molecule has 2 N–H and O–H groups in total. The number of ether oxygens (including phenoxy) is 1. The van der Waals surface area contributed by atoms with E-state index in [2.05, 4.69) is 10.2 Å². The van der Waals surface area contributed by atoms with Gasteiger partial charge in [0, 0.05) is 31.7 Å². The largest absolute Gasteiger partial charge is 0.508 e. The molecule has 1 aliphatic carbocycles. The summed E-state index contributed by atoms with van der Waals surface area (Å²) in [6.07, 6.45) is 2.65. The molecule has 1 unspecified atom stereocenters. The maximum absolute atomic E-state index is 9.32. The zero-order chi connectivity index (χ0) is 13.1. The molecule has 0 radical (unpaired) electrons. The molecule has 3 rings (SSSR count). The molecule has 2 aliphatic rings. The second kappa shape index (κ2) is 5.90. The summed E-state index contributed by atoms with van der Waals surface area (Å²) in [6, 6.07) is 8.72. The summed E-state index contributed by atoms with van der Waals surface area (Å²) >= 11 is 0. The van der Waals surface area contributed by atoms with Crippen molar-refractivity contribution in [3.8, 4) is 5.75 Å². The van der Waals surface area contributed by atoms with E-state index in [4.69, 9.17) is 4.74 Å². The van der Waals surface area contributed by atoms with Crippen molar-refractivity contribution in [3.63, 3.8) is 0 Å². The molecular weight excluding hydrogens is 240 g/mol. The van der Waals surface area contributed by atoms with Crippen molar-refractivity contribution in [1.29, 1.82) is 0 Å². The van der Waals surface area contributed by atoms with Crippen LogP contribution in [-0.4, -0.2) is 48.4 Å². The highest BCUT2D eigenvalue weighted by atomic mass is 16.5. The lowest BCUT2D eigenvalue weighted by Gasteiger charge is -2.35. The molecule has 2 fully saturated rings. The molecule has 19 heavy (non-hydrogen) atoms. The zero-order valence-electron chi connectivity index (χ0n) is 11.2. The number of hydrogen-bond acceptors (Lipinski definition) is 4. The molecule has 1 aromatic carbocycles. The van der Waals surface area contributed by atoms with Gasteiger partial charge in [0.15, 0.2) is 0 Å². The summed E-state index contributed by atoms with van der Waals surface area (Å²) in [5, 5.41) is 12.9. The SMILES string of the molecule is Oc1ccc(CN2CCOCC2CNC2CC2)cc1. The fraction of sp³-hybridized carbons (Fsp3) is 0.600. The first-order chi connectivity index (χ1) is 9.31. The molecule has 1 saturated heterocycles. The standard InChI is InChI=1S/C15H22N2O2/c18-15-5-1-12(2-6-15)10-17-7-8-19-11-14(17)9-16-13-3-4-13/h1-2,5-6,13-14,16,18H,3-4,7-11H2. The number of nitrogens with one attached hydrogen (secondary N) is 1. The summed E-state index contributed by atoms with van der Waals surface area (Å²) < 4.78 is 5.60. The van der Waals surface area contributed by atoms with Crippen LogP contribution in [-0.2, 0) is 11.3 Å². The lowest BCUT2D eigenvalue weighted by molar-refractivity contribution is -0.0110. The first-order valence-electron chi connectivity index (χ1n) is 7.14. The minimum absolute atomic E-state index is 0.331. The maximum Gasteiger partial charge on any atom is 0.115 e. The lowest BCUT2D eigenvalue weighted by atomic mass is 10.1. The molecule has 0 aromatic heterocycles. The molecule has 0 amide bonds. The van der Waals surface area contributed by atoms with Gasteiger partial charge in [-0.3, -0.25) is 4.90 Å². The fourth-order valence-electron chi connectivity index (χ4n) is 2.51. The van der Waals surface area contributed by atoms with Crippen molar-refractivity contribution in [2.24, 2.45) is 0 Å². The predicted octanol–water partition coefficient (Wildman–Crippen LogP) is 1.34.